The lowest BCUT2D eigenvalue weighted by Crippen LogP contribution is -2.45. The first-order chi connectivity index (χ1) is 12.8. The summed E-state index contributed by atoms with van der Waals surface area (Å²) in [6.07, 6.45) is 1.63. The standard InChI is InChI=1S/C20H25N5S/c1-2-24-8-10-25(11-9-24)14-17-5-3-16(4-6-17)13-21-19-18-7-12-26-20(18)23-15-22-19/h3-7,12,15H,2,8-11,13-14H2,1H3,(H,21,22,23). The minimum absolute atomic E-state index is 0.775. The molecule has 1 aliphatic heterocycles. The average molecular weight is 368 g/mol. The zero-order valence-electron chi connectivity index (χ0n) is 15.2. The summed E-state index contributed by atoms with van der Waals surface area (Å²) in [5.41, 5.74) is 2.66. The van der Waals surface area contributed by atoms with E-state index < -0.39 is 0 Å². The summed E-state index contributed by atoms with van der Waals surface area (Å²) in [6.45, 7) is 9.95. The quantitative estimate of drug-likeness (QED) is 0.723. The molecule has 5 nitrogen and oxygen atoms in total. The largest absolute Gasteiger partial charge is 0.365 e. The number of nitrogens with one attached hydrogen (secondary N) is 1. The van der Waals surface area contributed by atoms with Gasteiger partial charge in [-0.15, -0.1) is 11.3 Å². The SMILES string of the molecule is CCN1CCN(Cc2ccc(CNc3ncnc4sccc34)cc2)CC1. The van der Waals surface area contributed by atoms with Gasteiger partial charge in [0.25, 0.3) is 0 Å². The Bertz CT molecular complexity index is 837. The van der Waals surface area contributed by atoms with Crippen LogP contribution in [0.15, 0.2) is 42.0 Å². The van der Waals surface area contributed by atoms with E-state index in [1.54, 1.807) is 17.7 Å². The topological polar surface area (TPSA) is 44.3 Å². The predicted molar refractivity (Wildman–Crippen MR) is 109 cm³/mol. The Hall–Kier alpha value is -2.02. The minimum Gasteiger partial charge on any atom is -0.365 e. The van der Waals surface area contributed by atoms with E-state index in [-0.39, 0.29) is 0 Å². The molecule has 4 rings (SSSR count). The minimum atomic E-state index is 0.775. The van der Waals surface area contributed by atoms with Gasteiger partial charge in [-0.25, -0.2) is 9.97 Å². The van der Waals surface area contributed by atoms with Gasteiger partial charge in [0.1, 0.15) is 17.0 Å². The molecule has 0 saturated carbocycles. The molecule has 0 spiro atoms. The summed E-state index contributed by atoms with van der Waals surface area (Å²) in [7, 11) is 0. The van der Waals surface area contributed by atoms with Crippen molar-refractivity contribution in [1.82, 2.24) is 19.8 Å². The zero-order chi connectivity index (χ0) is 17.8. The molecular weight excluding hydrogens is 342 g/mol. The first-order valence-electron chi connectivity index (χ1n) is 9.26. The van der Waals surface area contributed by atoms with Crippen LogP contribution in [-0.2, 0) is 13.1 Å². The summed E-state index contributed by atoms with van der Waals surface area (Å²) < 4.78 is 0. The Kier molecular flexibility index (Phi) is 5.43. The maximum absolute atomic E-state index is 4.38. The molecular formula is C20H25N5S. The van der Waals surface area contributed by atoms with Crippen LogP contribution in [-0.4, -0.2) is 52.5 Å². The smallest absolute Gasteiger partial charge is 0.138 e. The Morgan fingerprint density at radius 2 is 1.69 bits per heavy atom. The van der Waals surface area contributed by atoms with E-state index in [2.05, 4.69) is 67.7 Å². The monoisotopic (exact) mass is 367 g/mol. The predicted octanol–water partition coefficient (Wildman–Crippen LogP) is 3.44. The van der Waals surface area contributed by atoms with Gasteiger partial charge in [-0.05, 0) is 29.1 Å². The lowest BCUT2D eigenvalue weighted by Gasteiger charge is -2.34. The molecule has 0 bridgehead atoms. The molecule has 1 saturated heterocycles. The van der Waals surface area contributed by atoms with Crippen molar-refractivity contribution in [1.29, 1.82) is 0 Å². The van der Waals surface area contributed by atoms with Crippen LogP contribution in [0.1, 0.15) is 18.1 Å². The van der Waals surface area contributed by atoms with Gasteiger partial charge in [-0.3, -0.25) is 4.90 Å². The number of benzene rings is 1. The summed E-state index contributed by atoms with van der Waals surface area (Å²) in [4.78, 5) is 14.8. The first-order valence-corrected chi connectivity index (χ1v) is 10.1. The maximum Gasteiger partial charge on any atom is 0.138 e. The van der Waals surface area contributed by atoms with Crippen LogP contribution in [0.3, 0.4) is 0 Å². The second kappa shape index (κ2) is 8.12. The van der Waals surface area contributed by atoms with Crippen LogP contribution in [0.25, 0.3) is 10.2 Å². The molecule has 26 heavy (non-hydrogen) atoms. The van der Waals surface area contributed by atoms with E-state index in [9.17, 15) is 0 Å². The fraction of sp³-hybridized carbons (Fsp3) is 0.400. The Labute approximate surface area is 158 Å². The van der Waals surface area contributed by atoms with Crippen molar-refractivity contribution in [3.8, 4) is 0 Å². The Balaban J connectivity index is 1.32. The molecule has 1 aromatic carbocycles. The third-order valence-electron chi connectivity index (χ3n) is 5.06. The number of hydrogen-bond donors (Lipinski definition) is 1. The molecule has 0 radical (unpaired) electrons. The van der Waals surface area contributed by atoms with Gasteiger partial charge in [0, 0.05) is 39.3 Å². The molecule has 0 amide bonds. The molecule has 0 atom stereocenters. The van der Waals surface area contributed by atoms with Crippen LogP contribution < -0.4 is 5.32 Å². The van der Waals surface area contributed by atoms with Crippen LogP contribution in [0.4, 0.5) is 5.82 Å². The normalized spacial score (nSPS) is 16.2. The van der Waals surface area contributed by atoms with Crippen LogP contribution >= 0.6 is 11.3 Å². The number of fused-ring (bicyclic) bond motifs is 1. The fourth-order valence-corrected chi connectivity index (χ4v) is 4.13. The molecule has 1 fully saturated rings. The van der Waals surface area contributed by atoms with Crippen molar-refractivity contribution in [2.75, 3.05) is 38.0 Å². The number of rotatable bonds is 6. The van der Waals surface area contributed by atoms with Crippen molar-refractivity contribution >= 4 is 27.4 Å². The summed E-state index contributed by atoms with van der Waals surface area (Å²) in [5, 5.41) is 6.59. The molecule has 6 heteroatoms. The zero-order valence-corrected chi connectivity index (χ0v) is 16.0. The molecule has 3 aromatic rings. The van der Waals surface area contributed by atoms with E-state index in [0.29, 0.717) is 0 Å². The molecule has 136 valence electrons. The number of hydrogen-bond acceptors (Lipinski definition) is 6. The lowest BCUT2D eigenvalue weighted by molar-refractivity contribution is 0.132. The molecule has 0 unspecified atom stereocenters. The van der Waals surface area contributed by atoms with E-state index in [1.807, 2.05) is 0 Å². The second-order valence-electron chi connectivity index (χ2n) is 6.74. The number of aromatic nitrogens is 2. The van der Waals surface area contributed by atoms with Gasteiger partial charge in [0.2, 0.25) is 0 Å². The molecule has 3 heterocycles. The van der Waals surface area contributed by atoms with E-state index >= 15 is 0 Å². The second-order valence-corrected chi connectivity index (χ2v) is 7.64. The van der Waals surface area contributed by atoms with Gasteiger partial charge in [0.05, 0.1) is 5.39 Å². The van der Waals surface area contributed by atoms with E-state index in [4.69, 9.17) is 0 Å². The van der Waals surface area contributed by atoms with Crippen LogP contribution in [0.5, 0.6) is 0 Å². The van der Waals surface area contributed by atoms with Crippen molar-refractivity contribution in [2.24, 2.45) is 0 Å². The highest BCUT2D eigenvalue weighted by molar-refractivity contribution is 7.16. The van der Waals surface area contributed by atoms with E-state index in [1.165, 1.54) is 43.9 Å². The number of nitrogens with zero attached hydrogens (tertiary/aromatic N) is 4. The van der Waals surface area contributed by atoms with Gasteiger partial charge in [-0.1, -0.05) is 31.2 Å². The maximum atomic E-state index is 4.38. The van der Waals surface area contributed by atoms with Crippen molar-refractivity contribution in [3.05, 3.63) is 53.2 Å². The third-order valence-corrected chi connectivity index (χ3v) is 5.88. The van der Waals surface area contributed by atoms with E-state index in [0.717, 1.165) is 29.1 Å². The summed E-state index contributed by atoms with van der Waals surface area (Å²) in [6, 6.07) is 11.0. The fourth-order valence-electron chi connectivity index (χ4n) is 3.40. The van der Waals surface area contributed by atoms with Crippen LogP contribution in [0.2, 0.25) is 0 Å². The van der Waals surface area contributed by atoms with Gasteiger partial charge in [0.15, 0.2) is 0 Å². The molecule has 1 aliphatic rings. The highest BCUT2D eigenvalue weighted by atomic mass is 32.1. The summed E-state index contributed by atoms with van der Waals surface area (Å²) >= 11 is 1.64. The number of piperazine rings is 1. The highest BCUT2D eigenvalue weighted by Crippen LogP contribution is 2.24. The van der Waals surface area contributed by atoms with Gasteiger partial charge < -0.3 is 10.2 Å². The van der Waals surface area contributed by atoms with Crippen LogP contribution in [0, 0.1) is 0 Å². The Morgan fingerprint density at radius 3 is 2.46 bits per heavy atom. The average Bonchev–Trinajstić information content (AvgIpc) is 3.17. The van der Waals surface area contributed by atoms with Gasteiger partial charge >= 0.3 is 0 Å². The molecule has 1 N–H and O–H groups in total. The number of likely N-dealkylation sites (N-methyl/N-ethyl adjacent to an activating group) is 1. The Morgan fingerprint density at radius 1 is 0.962 bits per heavy atom. The number of anilines is 1. The summed E-state index contributed by atoms with van der Waals surface area (Å²) in [5.74, 6) is 0.911. The first kappa shape index (κ1) is 17.4. The molecule has 2 aromatic heterocycles. The highest BCUT2D eigenvalue weighted by Gasteiger charge is 2.15. The van der Waals surface area contributed by atoms with Crippen molar-refractivity contribution in [2.45, 2.75) is 20.0 Å². The number of thiophene rings is 1. The van der Waals surface area contributed by atoms with Gasteiger partial charge in [-0.2, -0.15) is 0 Å². The van der Waals surface area contributed by atoms with Crippen molar-refractivity contribution in [3.63, 3.8) is 0 Å². The van der Waals surface area contributed by atoms with Crippen molar-refractivity contribution < 1.29 is 0 Å². The third kappa shape index (κ3) is 4.03. The molecule has 0 aliphatic carbocycles. The lowest BCUT2D eigenvalue weighted by atomic mass is 10.1.